The van der Waals surface area contributed by atoms with E-state index in [0.29, 0.717) is 22.6 Å². The van der Waals surface area contributed by atoms with Gasteiger partial charge >= 0.3 is 0 Å². The molecule has 0 unspecified atom stereocenters. The molecule has 0 radical (unpaired) electrons. The summed E-state index contributed by atoms with van der Waals surface area (Å²) in [6.07, 6.45) is 0. The molecular weight excluding hydrogens is 434 g/mol. The molecule has 9 heteroatoms. The molecule has 0 saturated carbocycles. The number of Topliss-reactive ketones (excluding diaryl/α,β-unsaturated/α-hetero) is 1. The number of ether oxygens (including phenoxy) is 2. The number of aromatic nitrogens is 3. The summed E-state index contributed by atoms with van der Waals surface area (Å²) in [5.41, 5.74) is 3.52. The van der Waals surface area contributed by atoms with E-state index in [0.717, 1.165) is 29.1 Å². The van der Waals surface area contributed by atoms with E-state index in [4.69, 9.17) is 13.9 Å². The van der Waals surface area contributed by atoms with Gasteiger partial charge in [-0.05, 0) is 49.6 Å². The number of aryl methyl sites for hydroxylation is 1. The zero-order chi connectivity index (χ0) is 21.4. The minimum atomic E-state index is 0.0401. The van der Waals surface area contributed by atoms with E-state index in [-0.39, 0.29) is 18.3 Å². The molecule has 0 fully saturated rings. The van der Waals surface area contributed by atoms with E-state index in [2.05, 4.69) is 26.2 Å². The van der Waals surface area contributed by atoms with Gasteiger partial charge < -0.3 is 18.5 Å². The fraction of sp³-hybridized carbons (Fsp3) is 0.227. The molecule has 31 heavy (non-hydrogen) atoms. The lowest BCUT2D eigenvalue weighted by Gasteiger charge is -2.08. The molecule has 1 aromatic carbocycles. The summed E-state index contributed by atoms with van der Waals surface area (Å²) < 4.78 is 18.6. The summed E-state index contributed by atoms with van der Waals surface area (Å²) in [7, 11) is 0. The van der Waals surface area contributed by atoms with E-state index in [9.17, 15) is 4.79 Å². The van der Waals surface area contributed by atoms with Crippen molar-refractivity contribution in [3.8, 4) is 23.0 Å². The van der Waals surface area contributed by atoms with Gasteiger partial charge in [0.15, 0.2) is 17.3 Å². The van der Waals surface area contributed by atoms with Crippen LogP contribution in [0.4, 0.5) is 0 Å². The van der Waals surface area contributed by atoms with Gasteiger partial charge in [-0.3, -0.25) is 4.79 Å². The number of nitrogens with zero attached hydrogens (tertiary/aromatic N) is 3. The molecule has 4 heterocycles. The lowest BCUT2D eigenvalue weighted by atomic mass is 10.2. The smallest absolute Gasteiger partial charge is 0.277 e. The number of carbonyl (C=O) groups is 1. The maximum Gasteiger partial charge on any atom is 0.277 e. The molecule has 0 saturated heterocycles. The molecule has 4 aromatic rings. The van der Waals surface area contributed by atoms with Gasteiger partial charge in [0.2, 0.25) is 12.7 Å². The number of hydrogen-bond acceptors (Lipinski definition) is 8. The maximum absolute atomic E-state index is 12.9. The lowest BCUT2D eigenvalue weighted by Crippen LogP contribution is -2.07. The first-order valence-corrected chi connectivity index (χ1v) is 11.5. The zero-order valence-electron chi connectivity index (χ0n) is 17.0. The van der Waals surface area contributed by atoms with E-state index < -0.39 is 0 Å². The molecule has 0 bridgehead atoms. The molecule has 158 valence electrons. The van der Waals surface area contributed by atoms with Crippen LogP contribution in [0.1, 0.15) is 26.6 Å². The van der Waals surface area contributed by atoms with Crippen LogP contribution in [0.2, 0.25) is 0 Å². The Kier molecular flexibility index (Phi) is 5.29. The molecule has 3 aromatic heterocycles. The number of rotatable bonds is 7. The van der Waals surface area contributed by atoms with Crippen LogP contribution >= 0.6 is 23.1 Å². The van der Waals surface area contributed by atoms with Crippen LogP contribution in [0, 0.1) is 13.8 Å². The van der Waals surface area contributed by atoms with Crippen molar-refractivity contribution < 1.29 is 18.7 Å². The highest BCUT2D eigenvalue weighted by Crippen LogP contribution is 2.36. The number of benzene rings is 1. The summed E-state index contributed by atoms with van der Waals surface area (Å²) in [6, 6.07) is 11.6. The van der Waals surface area contributed by atoms with E-state index in [1.807, 2.05) is 38.1 Å². The zero-order valence-corrected chi connectivity index (χ0v) is 18.6. The van der Waals surface area contributed by atoms with Crippen molar-refractivity contribution in [1.82, 2.24) is 14.8 Å². The molecule has 1 aliphatic rings. The topological polar surface area (TPSA) is 79.4 Å². The first-order chi connectivity index (χ1) is 15.1. The third-order valence-corrected chi connectivity index (χ3v) is 6.80. The van der Waals surface area contributed by atoms with Gasteiger partial charge in [0.05, 0.1) is 12.3 Å². The van der Waals surface area contributed by atoms with Crippen molar-refractivity contribution in [2.45, 2.75) is 25.6 Å². The fourth-order valence-electron chi connectivity index (χ4n) is 3.50. The van der Waals surface area contributed by atoms with Gasteiger partial charge in [0, 0.05) is 27.4 Å². The highest BCUT2D eigenvalue weighted by Gasteiger charge is 2.19. The minimum Gasteiger partial charge on any atom is -0.454 e. The van der Waals surface area contributed by atoms with Crippen LogP contribution < -0.4 is 9.47 Å². The molecular formula is C22H19N3O4S2. The van der Waals surface area contributed by atoms with Gasteiger partial charge in [-0.25, -0.2) is 0 Å². The minimum absolute atomic E-state index is 0.0401. The predicted octanol–water partition coefficient (Wildman–Crippen LogP) is 4.97. The number of thiophene rings is 1. The Morgan fingerprint density at radius 3 is 2.87 bits per heavy atom. The molecule has 0 N–H and O–H groups in total. The highest BCUT2D eigenvalue weighted by molar-refractivity contribution is 7.99. The molecule has 0 aliphatic carbocycles. The first kappa shape index (κ1) is 19.9. The number of carbonyl (C=O) groups excluding carboxylic acids is 1. The number of hydrogen-bond donors (Lipinski definition) is 0. The van der Waals surface area contributed by atoms with E-state index in [1.165, 1.54) is 16.6 Å². The van der Waals surface area contributed by atoms with Crippen molar-refractivity contribution in [1.29, 1.82) is 0 Å². The monoisotopic (exact) mass is 453 g/mol. The molecule has 0 amide bonds. The Labute approximate surface area is 187 Å². The van der Waals surface area contributed by atoms with Gasteiger partial charge in [0.1, 0.15) is 0 Å². The van der Waals surface area contributed by atoms with Gasteiger partial charge in [-0.15, -0.1) is 21.5 Å². The van der Waals surface area contributed by atoms with Crippen LogP contribution in [-0.2, 0) is 6.54 Å². The number of thioether (sulfide) groups is 1. The molecule has 1 aliphatic heterocycles. The van der Waals surface area contributed by atoms with Crippen molar-refractivity contribution in [2.24, 2.45) is 0 Å². The summed E-state index contributed by atoms with van der Waals surface area (Å²) in [5.74, 6) is 1.99. The Morgan fingerprint density at radius 1 is 1.16 bits per heavy atom. The van der Waals surface area contributed by atoms with Crippen LogP contribution in [0.15, 0.2) is 51.4 Å². The summed E-state index contributed by atoms with van der Waals surface area (Å²) in [6.45, 7) is 5.00. The maximum atomic E-state index is 12.9. The Morgan fingerprint density at radius 2 is 2.03 bits per heavy atom. The number of fused-ring (bicyclic) bond motifs is 1. The Hall–Kier alpha value is -3.04. The Bertz CT molecular complexity index is 1240. The van der Waals surface area contributed by atoms with Gasteiger partial charge in [-0.2, -0.15) is 0 Å². The van der Waals surface area contributed by atoms with Crippen molar-refractivity contribution in [3.63, 3.8) is 0 Å². The summed E-state index contributed by atoms with van der Waals surface area (Å²) in [5, 5.41) is 10.6. The SMILES string of the molecule is Cc1cc(C(=O)CSc2nnc(-c3ccc4c(c3)OCO4)o2)c(C)n1Cc1cccs1. The third kappa shape index (κ3) is 3.98. The largest absolute Gasteiger partial charge is 0.454 e. The fourth-order valence-corrected chi connectivity index (χ4v) is 4.84. The molecule has 7 nitrogen and oxygen atoms in total. The first-order valence-electron chi connectivity index (χ1n) is 9.67. The van der Waals surface area contributed by atoms with Crippen LogP contribution in [0.25, 0.3) is 11.5 Å². The molecule has 0 atom stereocenters. The van der Waals surface area contributed by atoms with Gasteiger partial charge in [-0.1, -0.05) is 17.8 Å². The Balaban J connectivity index is 1.26. The van der Waals surface area contributed by atoms with Crippen LogP contribution in [0.5, 0.6) is 11.5 Å². The van der Waals surface area contributed by atoms with Gasteiger partial charge in [0.25, 0.3) is 5.22 Å². The molecule has 5 rings (SSSR count). The predicted molar refractivity (Wildman–Crippen MR) is 118 cm³/mol. The normalized spacial score (nSPS) is 12.5. The lowest BCUT2D eigenvalue weighted by molar-refractivity contribution is 0.102. The average molecular weight is 454 g/mol. The molecule has 0 spiro atoms. The summed E-state index contributed by atoms with van der Waals surface area (Å²) in [4.78, 5) is 14.1. The second-order valence-corrected chi connectivity index (χ2v) is 9.06. The van der Waals surface area contributed by atoms with Crippen molar-refractivity contribution >= 4 is 28.9 Å². The second-order valence-electron chi connectivity index (χ2n) is 7.10. The van der Waals surface area contributed by atoms with E-state index in [1.54, 1.807) is 17.4 Å². The van der Waals surface area contributed by atoms with Crippen molar-refractivity contribution in [2.75, 3.05) is 12.5 Å². The third-order valence-electron chi connectivity index (χ3n) is 5.12. The van der Waals surface area contributed by atoms with Crippen LogP contribution in [0.3, 0.4) is 0 Å². The standard InChI is InChI=1S/C22H19N3O4S2/c1-13-8-17(14(2)25(13)10-16-4-3-7-30-16)18(26)11-31-22-24-23-21(29-22)15-5-6-19-20(9-15)28-12-27-19/h3-9H,10-12H2,1-2H3. The highest BCUT2D eigenvalue weighted by atomic mass is 32.2. The quantitative estimate of drug-likeness (QED) is 0.289. The van der Waals surface area contributed by atoms with E-state index >= 15 is 0 Å². The van der Waals surface area contributed by atoms with Crippen LogP contribution in [-0.4, -0.2) is 33.1 Å². The van der Waals surface area contributed by atoms with Crippen molar-refractivity contribution in [3.05, 3.63) is 63.6 Å². The average Bonchev–Trinajstić information content (AvgIpc) is 3.56. The second kappa shape index (κ2) is 8.24. The number of ketones is 1. The summed E-state index contributed by atoms with van der Waals surface area (Å²) >= 11 is 2.96.